The number of phosphoric ester groups is 3. The van der Waals surface area contributed by atoms with E-state index in [2.05, 4.69) is 33.5 Å². The molecule has 8 rings (SSSR count). The number of hydrogen-bond donors (Lipinski definition) is 11. The molecule has 5 unspecified atom stereocenters. The SMILES string of the molecule is CCCCO[C@@H]1[C@H](OP(=O)(O)OC[C@H]2O[C@@H](n3ccc(=O)[nH]c3=O)[C@H](O)[C@@H]2O)[C@@H](COP(=O)(O)OP(=O)(O)OP(=O)(O)OC[C@H]2OC([n+]3cn(C)c4c(=O)[nH]c(N)nc43)[C@H](O)[C@@H]2CC(=O)N(C)C)O[C@H]1n1cnc2c(N)ncnc21. The van der Waals surface area contributed by atoms with Gasteiger partial charge >= 0.3 is 42.6 Å². The van der Waals surface area contributed by atoms with E-state index in [0.29, 0.717) is 12.8 Å². The standard InChI is InChI=1S/C38H55N13O25P4/c1-5-6-9-67-29-28(74-77(59,60)68-12-19-26(55)27(56)35(72-19)49-8-7-21(52)44-38(49)58)20(73-36(29)50-15-43-23-30(39)41-14-42-31(23)50)13-70-79(63,64)76-80(65,66)75-78(61,62)69-11-18-17(10-22(53)47(2)3)25(54)34(71-18)51-16-48(4)24-32(51)45-37(40)46-33(24)57/h7-8,14-20,25-29,34-36,54-56H,5-6,9-13H2,1-4H3,(H9-,39,40,41,42,44,45,46,52,57,58,59,60,61,62,63,64,65,66)/p+1/t17-,18-,19-,20-,25-,26-,27-,28-,29-,34?,35-,36-/m1/s1. The Bertz CT molecular complexity index is 3470. The number of aryl methyl sites for hydroxylation is 1. The Morgan fingerprint density at radius 1 is 0.812 bits per heavy atom. The number of carbonyl (C=O) groups is 1. The van der Waals surface area contributed by atoms with Crippen LogP contribution in [-0.2, 0) is 75.8 Å². The van der Waals surface area contributed by atoms with E-state index in [9.17, 15) is 72.3 Å². The van der Waals surface area contributed by atoms with E-state index in [4.69, 9.17) is 48.5 Å². The second-order valence-corrected chi connectivity index (χ2v) is 24.4. The Morgan fingerprint density at radius 3 is 2.12 bits per heavy atom. The molecule has 1 amide bonds. The highest BCUT2D eigenvalue weighted by molar-refractivity contribution is 7.66. The lowest BCUT2D eigenvalue weighted by Gasteiger charge is -2.27. The van der Waals surface area contributed by atoms with Crippen molar-refractivity contribution in [2.24, 2.45) is 13.0 Å². The molecule has 3 fully saturated rings. The monoisotopic (exact) mass is 1220 g/mol. The number of anilines is 2. The minimum atomic E-state index is -6.25. The number of phosphoric acid groups is 4. The second-order valence-electron chi connectivity index (χ2n) is 18.4. The van der Waals surface area contributed by atoms with E-state index >= 15 is 0 Å². The number of aliphatic hydroxyl groups excluding tert-OH is 3. The molecular formula is C38H56N13O25P4+. The Kier molecular flexibility index (Phi) is 18.3. The first-order valence-corrected chi connectivity index (χ1v) is 29.7. The maximum Gasteiger partial charge on any atom is 0.490 e. The molecule has 0 aliphatic carbocycles. The van der Waals surface area contributed by atoms with Crippen molar-refractivity contribution >= 4 is 71.3 Å². The van der Waals surface area contributed by atoms with Gasteiger partial charge in [0.2, 0.25) is 17.7 Å². The number of nitrogen functional groups attached to an aromatic ring is 2. The number of nitrogens with one attached hydrogen (secondary N) is 2. The van der Waals surface area contributed by atoms with Gasteiger partial charge in [-0.15, -0.1) is 0 Å². The third-order valence-corrected chi connectivity index (χ3v) is 17.8. The molecule has 42 heteroatoms. The van der Waals surface area contributed by atoms with Gasteiger partial charge in [0.1, 0.15) is 54.6 Å². The number of hydrogen-bond acceptors (Lipinski definition) is 27. The van der Waals surface area contributed by atoms with Crippen LogP contribution in [0.25, 0.3) is 22.3 Å². The maximum atomic E-state index is 13.8. The summed E-state index contributed by atoms with van der Waals surface area (Å²) >= 11 is 0. The number of carbonyl (C=O) groups excluding carboxylic acids is 1. The predicted molar refractivity (Wildman–Crippen MR) is 262 cm³/mol. The summed E-state index contributed by atoms with van der Waals surface area (Å²) in [4.78, 5) is 115. The second kappa shape index (κ2) is 24.0. The summed E-state index contributed by atoms with van der Waals surface area (Å²) in [5.41, 5.74) is 9.26. The zero-order valence-corrected chi connectivity index (χ0v) is 45.8. The van der Waals surface area contributed by atoms with Crippen LogP contribution in [0.5, 0.6) is 0 Å². The van der Waals surface area contributed by atoms with Crippen molar-refractivity contribution in [3.05, 3.63) is 62.4 Å². The summed E-state index contributed by atoms with van der Waals surface area (Å²) in [6.07, 6.45) is -13.3. The highest BCUT2D eigenvalue weighted by atomic mass is 31.3. The molecule has 16 atom stereocenters. The third-order valence-electron chi connectivity index (χ3n) is 12.6. The fourth-order valence-corrected chi connectivity index (χ4v) is 13.3. The molecule has 8 heterocycles. The molecular weight excluding hydrogens is 1160 g/mol. The molecule has 0 aromatic carbocycles. The van der Waals surface area contributed by atoms with Crippen LogP contribution in [0.4, 0.5) is 11.8 Å². The molecule has 0 radical (unpaired) electrons. The van der Waals surface area contributed by atoms with Crippen LogP contribution < -0.4 is 32.8 Å². The molecule has 0 spiro atoms. The molecule has 3 aliphatic heterocycles. The number of aromatic nitrogens is 10. The minimum absolute atomic E-state index is 0.00908. The molecule has 3 aliphatic rings. The maximum absolute atomic E-state index is 13.8. The number of rotatable bonds is 24. The van der Waals surface area contributed by atoms with Gasteiger partial charge in [0.05, 0.1) is 39.3 Å². The van der Waals surface area contributed by atoms with Crippen LogP contribution in [0.3, 0.4) is 0 Å². The highest BCUT2D eigenvalue weighted by Crippen LogP contribution is 2.68. The van der Waals surface area contributed by atoms with Gasteiger partial charge < -0.3 is 70.2 Å². The first kappa shape index (κ1) is 61.0. The molecule has 38 nitrogen and oxygen atoms in total. The van der Waals surface area contributed by atoms with E-state index in [0.717, 1.165) is 23.2 Å². The summed E-state index contributed by atoms with van der Waals surface area (Å²) in [7, 11) is -19.3. The highest BCUT2D eigenvalue weighted by Gasteiger charge is 2.54. The number of unbranched alkanes of at least 4 members (excludes halogenated alkanes) is 1. The van der Waals surface area contributed by atoms with Gasteiger partial charge in [-0.25, -0.2) is 42.6 Å². The first-order chi connectivity index (χ1) is 37.5. The quantitative estimate of drug-likeness (QED) is 0.0167. The topological polar surface area (TPSA) is 528 Å². The number of fused-ring (bicyclic) bond motifs is 2. The van der Waals surface area contributed by atoms with E-state index in [1.54, 1.807) is 6.92 Å². The number of nitrogens with zero attached hydrogens (tertiary/aromatic N) is 9. The molecule has 80 heavy (non-hydrogen) atoms. The molecule has 442 valence electrons. The van der Waals surface area contributed by atoms with Crippen LogP contribution in [0.15, 0.2) is 45.6 Å². The van der Waals surface area contributed by atoms with Crippen molar-refractivity contribution in [3.63, 3.8) is 0 Å². The normalized spacial score (nSPS) is 29.1. The van der Waals surface area contributed by atoms with Crippen molar-refractivity contribution in [3.8, 4) is 0 Å². The van der Waals surface area contributed by atoms with Gasteiger partial charge in [-0.2, -0.15) is 8.62 Å². The summed E-state index contributed by atoms with van der Waals surface area (Å²) < 4.78 is 111. The summed E-state index contributed by atoms with van der Waals surface area (Å²) in [5.74, 6) is -2.19. The number of ether oxygens (including phenoxy) is 4. The lowest BCUT2D eigenvalue weighted by Crippen LogP contribution is -2.45. The Labute approximate surface area is 448 Å². The third kappa shape index (κ3) is 13.5. The van der Waals surface area contributed by atoms with Crippen molar-refractivity contribution in [2.45, 2.75) is 93.7 Å². The minimum Gasteiger partial charge on any atom is -0.387 e. The largest absolute Gasteiger partial charge is 0.490 e. The lowest BCUT2D eigenvalue weighted by molar-refractivity contribution is -0.745. The summed E-state index contributed by atoms with van der Waals surface area (Å²) in [5, 5.41) is 32.9. The van der Waals surface area contributed by atoms with Crippen molar-refractivity contribution in [2.75, 3.05) is 52.0 Å². The van der Waals surface area contributed by atoms with Crippen LogP contribution in [0.2, 0.25) is 0 Å². The van der Waals surface area contributed by atoms with Crippen molar-refractivity contribution in [1.29, 1.82) is 0 Å². The van der Waals surface area contributed by atoms with Crippen LogP contribution in [0.1, 0.15) is 44.9 Å². The number of imidazole rings is 2. The van der Waals surface area contributed by atoms with Crippen molar-refractivity contribution < 1.29 is 108 Å². The summed E-state index contributed by atoms with van der Waals surface area (Å²) in [6, 6.07) is 0.927. The fraction of sp³-hybridized carbons (Fsp3) is 0.605. The molecule has 13 N–H and O–H groups in total. The van der Waals surface area contributed by atoms with Crippen molar-refractivity contribution in [1.82, 2.24) is 48.5 Å². The van der Waals surface area contributed by atoms with Gasteiger partial charge in [0.15, 0.2) is 30.2 Å². The smallest absolute Gasteiger partial charge is 0.387 e. The van der Waals surface area contributed by atoms with E-state index < -0.39 is 154 Å². The van der Waals surface area contributed by atoms with Gasteiger partial charge in [-0.05, 0) is 6.42 Å². The van der Waals surface area contributed by atoms with Gasteiger partial charge in [-0.3, -0.25) is 56.1 Å². The van der Waals surface area contributed by atoms with E-state index in [1.807, 2.05) is 4.98 Å². The van der Waals surface area contributed by atoms with E-state index in [-0.39, 0.29) is 40.7 Å². The fourth-order valence-electron chi connectivity index (χ4n) is 8.80. The average Bonchev–Trinajstić information content (AvgIpc) is 4.17. The zero-order valence-electron chi connectivity index (χ0n) is 42.2. The predicted octanol–water partition coefficient (Wildman–Crippen LogP) is -2.97. The van der Waals surface area contributed by atoms with E-state index in [1.165, 1.54) is 52.4 Å². The first-order valence-electron chi connectivity index (χ1n) is 23.7. The Morgan fingerprint density at radius 2 is 1.46 bits per heavy atom. The number of aliphatic hydroxyl groups is 3. The molecule has 5 aromatic heterocycles. The summed E-state index contributed by atoms with van der Waals surface area (Å²) in [6.45, 7) is -1.63. The van der Waals surface area contributed by atoms with Gasteiger partial charge in [0.25, 0.3) is 17.1 Å². The molecule has 0 saturated carbocycles. The Hall–Kier alpha value is -5.11. The number of amides is 1. The number of nitrogens with two attached hydrogens (primary N) is 2. The average molecular weight is 1220 g/mol. The Balaban J connectivity index is 0.975. The number of H-pyrrole nitrogens is 2. The zero-order chi connectivity index (χ0) is 58.4. The number of aromatic amines is 2. The van der Waals surface area contributed by atoms with Gasteiger partial charge in [-0.1, -0.05) is 18.3 Å². The van der Waals surface area contributed by atoms with Gasteiger partial charge in [0, 0.05) is 45.3 Å². The lowest BCUT2D eigenvalue weighted by atomic mass is 9.94. The molecule has 0 bridgehead atoms. The molecule has 5 aromatic rings. The van der Waals surface area contributed by atoms with Crippen LogP contribution in [-0.4, -0.2) is 179 Å². The van der Waals surface area contributed by atoms with Crippen LogP contribution in [0, 0.1) is 5.92 Å². The molecule has 3 saturated heterocycles. The van der Waals surface area contributed by atoms with Crippen LogP contribution >= 0.6 is 31.3 Å².